The van der Waals surface area contributed by atoms with E-state index in [0.29, 0.717) is 12.8 Å². The molecular formula is C21H29NO4S. The molecule has 3 rings (SSSR count). The number of ether oxygens (including phenoxy) is 1. The molecule has 0 aliphatic heterocycles. The van der Waals surface area contributed by atoms with Gasteiger partial charge in [-0.2, -0.15) is 11.8 Å². The largest absolute Gasteiger partial charge is 0.461 e. The molecule has 1 atom stereocenters. The number of hydrogen-bond acceptors (Lipinski definition) is 6. The normalized spacial score (nSPS) is 15.9. The first-order chi connectivity index (χ1) is 12.9. The van der Waals surface area contributed by atoms with Crippen LogP contribution in [0, 0.1) is 11.8 Å². The highest BCUT2D eigenvalue weighted by atomic mass is 32.2. The van der Waals surface area contributed by atoms with Crippen LogP contribution in [0.5, 0.6) is 0 Å². The summed E-state index contributed by atoms with van der Waals surface area (Å²) in [6.07, 6.45) is 9.72. The fourth-order valence-electron chi connectivity index (χ4n) is 3.24. The first-order valence-electron chi connectivity index (χ1n) is 9.66. The van der Waals surface area contributed by atoms with Crippen molar-refractivity contribution in [2.45, 2.75) is 58.2 Å². The van der Waals surface area contributed by atoms with Gasteiger partial charge >= 0.3 is 5.97 Å². The van der Waals surface area contributed by atoms with Crippen molar-refractivity contribution in [2.75, 3.05) is 12.0 Å². The van der Waals surface area contributed by atoms with Gasteiger partial charge in [0.15, 0.2) is 0 Å². The fraction of sp³-hybridized carbons (Fsp3) is 0.619. The third kappa shape index (κ3) is 5.98. The Kier molecular flexibility index (Phi) is 6.48. The van der Waals surface area contributed by atoms with Crippen molar-refractivity contribution in [3.63, 3.8) is 0 Å². The number of aromatic nitrogens is 1. The van der Waals surface area contributed by atoms with Crippen molar-refractivity contribution < 1.29 is 19.1 Å². The zero-order chi connectivity index (χ0) is 19.4. The second-order valence-corrected chi connectivity index (χ2v) is 8.90. The minimum absolute atomic E-state index is 0.341. The van der Waals surface area contributed by atoms with Crippen LogP contribution >= 0.6 is 11.8 Å². The molecule has 27 heavy (non-hydrogen) atoms. The minimum Gasteiger partial charge on any atom is -0.461 e. The molecule has 1 aliphatic carbocycles. The highest BCUT2D eigenvalue weighted by Gasteiger charge is 2.28. The number of carbonyl (C=O) groups excluding carboxylic acids is 1. The van der Waals surface area contributed by atoms with E-state index in [-0.39, 0.29) is 11.9 Å². The molecule has 148 valence electrons. The summed E-state index contributed by atoms with van der Waals surface area (Å²) in [5, 5.41) is 10.8. The summed E-state index contributed by atoms with van der Waals surface area (Å²) in [4.78, 5) is 17.1. The van der Waals surface area contributed by atoms with Crippen LogP contribution in [0.4, 0.5) is 0 Å². The Labute approximate surface area is 164 Å². The standard InChI is InChI=1S/C21H29NO4S/c1-21(2,24)26-20(23)15(9-11-27-3)12-18-17-13-16(7-6-14-4-5-14)25-19(17)8-10-22-18/h8,10,13-15,24H,4-7,9,11-12H2,1-3H3. The average molecular weight is 392 g/mol. The number of fused-ring (bicyclic) bond motifs is 1. The van der Waals surface area contributed by atoms with Gasteiger partial charge < -0.3 is 14.3 Å². The zero-order valence-electron chi connectivity index (χ0n) is 16.4. The third-order valence-electron chi connectivity index (χ3n) is 4.87. The number of nitrogens with zero attached hydrogens (tertiary/aromatic N) is 1. The van der Waals surface area contributed by atoms with Crippen LogP contribution in [-0.2, 0) is 22.4 Å². The maximum Gasteiger partial charge on any atom is 0.311 e. The van der Waals surface area contributed by atoms with Crippen molar-refractivity contribution in [2.24, 2.45) is 11.8 Å². The summed E-state index contributed by atoms with van der Waals surface area (Å²) >= 11 is 1.69. The van der Waals surface area contributed by atoms with Gasteiger partial charge in [-0.3, -0.25) is 9.78 Å². The monoisotopic (exact) mass is 391 g/mol. The van der Waals surface area contributed by atoms with Gasteiger partial charge in [-0.05, 0) is 42.9 Å². The van der Waals surface area contributed by atoms with E-state index in [2.05, 4.69) is 11.1 Å². The van der Waals surface area contributed by atoms with Crippen LogP contribution in [0.15, 0.2) is 22.7 Å². The first kappa shape index (κ1) is 20.2. The van der Waals surface area contributed by atoms with E-state index in [4.69, 9.17) is 9.15 Å². The molecule has 0 amide bonds. The summed E-state index contributed by atoms with van der Waals surface area (Å²) in [5.74, 6) is 0.508. The lowest BCUT2D eigenvalue weighted by Gasteiger charge is -2.22. The first-order valence-corrected chi connectivity index (χ1v) is 11.1. The van der Waals surface area contributed by atoms with E-state index in [1.165, 1.54) is 33.1 Å². The van der Waals surface area contributed by atoms with E-state index in [1.807, 2.05) is 12.3 Å². The van der Waals surface area contributed by atoms with Crippen molar-refractivity contribution in [3.05, 3.63) is 29.8 Å². The number of aliphatic hydroxyl groups is 1. The highest BCUT2D eigenvalue weighted by Crippen LogP contribution is 2.34. The molecule has 6 heteroatoms. The maximum absolute atomic E-state index is 12.6. The molecule has 1 fully saturated rings. The van der Waals surface area contributed by atoms with E-state index in [9.17, 15) is 9.90 Å². The minimum atomic E-state index is -1.47. The SMILES string of the molecule is CSCCC(Cc1nccc2oc(CCC3CC3)cc12)C(=O)OC(C)(C)O. The second-order valence-electron chi connectivity index (χ2n) is 7.91. The van der Waals surface area contributed by atoms with Gasteiger partial charge in [0, 0.05) is 38.3 Å². The molecule has 0 bridgehead atoms. The number of furan rings is 1. The number of aryl methyl sites for hydroxylation is 1. The Balaban J connectivity index is 1.77. The molecule has 0 radical (unpaired) electrons. The van der Waals surface area contributed by atoms with Gasteiger partial charge in [0.25, 0.3) is 0 Å². The van der Waals surface area contributed by atoms with Gasteiger partial charge in [0.1, 0.15) is 11.3 Å². The molecule has 0 aromatic carbocycles. The molecule has 1 saturated carbocycles. The van der Waals surface area contributed by atoms with Gasteiger partial charge in [-0.15, -0.1) is 0 Å². The molecule has 5 nitrogen and oxygen atoms in total. The highest BCUT2D eigenvalue weighted by molar-refractivity contribution is 7.98. The van der Waals surface area contributed by atoms with Crippen molar-refractivity contribution >= 4 is 28.7 Å². The van der Waals surface area contributed by atoms with Gasteiger partial charge in [-0.1, -0.05) is 12.8 Å². The topological polar surface area (TPSA) is 72.6 Å². The molecular weight excluding hydrogens is 362 g/mol. The van der Waals surface area contributed by atoms with Crippen LogP contribution in [-0.4, -0.2) is 33.9 Å². The van der Waals surface area contributed by atoms with Gasteiger partial charge in [0.2, 0.25) is 5.79 Å². The number of hydrogen-bond donors (Lipinski definition) is 1. The summed E-state index contributed by atoms with van der Waals surface area (Å²) in [6, 6.07) is 3.96. The quantitative estimate of drug-likeness (QED) is 0.479. The fourth-order valence-corrected chi connectivity index (χ4v) is 3.76. The predicted octanol–water partition coefficient (Wildman–Crippen LogP) is 4.35. The van der Waals surface area contributed by atoms with E-state index in [0.717, 1.165) is 40.5 Å². The maximum atomic E-state index is 12.6. The Morgan fingerprint density at radius 1 is 1.48 bits per heavy atom. The molecule has 2 aromatic heterocycles. The van der Waals surface area contributed by atoms with E-state index in [1.54, 1.807) is 18.0 Å². The lowest BCUT2D eigenvalue weighted by atomic mass is 9.98. The van der Waals surface area contributed by atoms with Crippen LogP contribution in [0.25, 0.3) is 11.0 Å². The second kappa shape index (κ2) is 8.65. The smallest absolute Gasteiger partial charge is 0.311 e. The third-order valence-corrected chi connectivity index (χ3v) is 5.51. The molecule has 2 aromatic rings. The Hall–Kier alpha value is -1.53. The molecule has 2 heterocycles. The van der Waals surface area contributed by atoms with Gasteiger partial charge in [0.05, 0.1) is 11.6 Å². The molecule has 1 unspecified atom stereocenters. The van der Waals surface area contributed by atoms with Crippen molar-refractivity contribution in [1.82, 2.24) is 4.98 Å². The van der Waals surface area contributed by atoms with E-state index >= 15 is 0 Å². The van der Waals surface area contributed by atoms with Crippen LogP contribution in [0.2, 0.25) is 0 Å². The molecule has 1 aliphatic rings. The Morgan fingerprint density at radius 3 is 2.93 bits per heavy atom. The zero-order valence-corrected chi connectivity index (χ0v) is 17.2. The van der Waals surface area contributed by atoms with Crippen LogP contribution in [0.1, 0.15) is 51.0 Å². The van der Waals surface area contributed by atoms with E-state index < -0.39 is 5.79 Å². The Bertz CT molecular complexity index is 776. The van der Waals surface area contributed by atoms with Crippen LogP contribution < -0.4 is 0 Å². The Morgan fingerprint density at radius 2 is 2.26 bits per heavy atom. The van der Waals surface area contributed by atoms with Gasteiger partial charge in [-0.25, -0.2) is 0 Å². The summed E-state index contributed by atoms with van der Waals surface area (Å²) in [6.45, 7) is 2.94. The van der Waals surface area contributed by atoms with Crippen LogP contribution in [0.3, 0.4) is 0 Å². The lowest BCUT2D eigenvalue weighted by Crippen LogP contribution is -2.32. The van der Waals surface area contributed by atoms with Crippen molar-refractivity contribution in [1.29, 1.82) is 0 Å². The number of esters is 1. The van der Waals surface area contributed by atoms with Crippen molar-refractivity contribution in [3.8, 4) is 0 Å². The average Bonchev–Trinajstić information content (AvgIpc) is 3.33. The lowest BCUT2D eigenvalue weighted by molar-refractivity contribution is -0.199. The number of carbonyl (C=O) groups is 1. The predicted molar refractivity (Wildman–Crippen MR) is 108 cm³/mol. The summed E-state index contributed by atoms with van der Waals surface area (Å²) in [7, 11) is 0. The molecule has 0 saturated heterocycles. The number of pyridine rings is 1. The number of rotatable bonds is 10. The number of thioether (sulfide) groups is 1. The summed E-state index contributed by atoms with van der Waals surface area (Å²) < 4.78 is 11.2. The molecule has 0 spiro atoms. The molecule has 1 N–H and O–H groups in total. The summed E-state index contributed by atoms with van der Waals surface area (Å²) in [5.41, 5.74) is 1.68.